The number of hydrogen-bond donors (Lipinski definition) is 1. The van der Waals surface area contributed by atoms with Gasteiger partial charge in [0.15, 0.2) is 6.20 Å². The number of carbonyl (C=O) groups excluding carboxylic acids is 1. The molecule has 20 heavy (non-hydrogen) atoms. The second kappa shape index (κ2) is 7.00. The molecule has 0 saturated heterocycles. The molecule has 2 rings (SSSR count). The number of carboxylic acid groups (broad SMARTS) is 1. The zero-order chi connectivity index (χ0) is 13.8. The zero-order valence-corrected chi connectivity index (χ0v) is 12.5. The lowest BCUT2D eigenvalue weighted by atomic mass is 10.1. The van der Waals surface area contributed by atoms with E-state index in [1.807, 2.05) is 0 Å². The summed E-state index contributed by atoms with van der Waals surface area (Å²) < 4.78 is 6.47. The molecule has 106 valence electrons. The van der Waals surface area contributed by atoms with Gasteiger partial charge in [0.25, 0.3) is 0 Å². The number of hydrogen-bond acceptors (Lipinski definition) is 3. The van der Waals surface area contributed by atoms with Crippen LogP contribution in [-0.4, -0.2) is 23.7 Å². The molecule has 2 aliphatic rings. The average Bonchev–Trinajstić information content (AvgIpc) is 2.56. The van der Waals surface area contributed by atoms with Gasteiger partial charge >= 0.3 is 11.9 Å². The summed E-state index contributed by atoms with van der Waals surface area (Å²) >= 11 is 0. The van der Waals surface area contributed by atoms with Crippen molar-refractivity contribution in [3.05, 3.63) is 42.1 Å². The first-order valence-corrected chi connectivity index (χ1v) is 5.93. The largest absolute Gasteiger partial charge is 1.00 e. The van der Waals surface area contributed by atoms with Gasteiger partial charge in [-0.2, -0.15) is 4.57 Å². The van der Waals surface area contributed by atoms with Crippen molar-refractivity contribution in [2.75, 3.05) is 6.61 Å². The molecule has 0 unspecified atom stereocenters. The van der Waals surface area contributed by atoms with Crippen LogP contribution in [0.4, 0.5) is 0 Å². The van der Waals surface area contributed by atoms with Crippen molar-refractivity contribution in [2.45, 2.75) is 13.5 Å². The summed E-state index contributed by atoms with van der Waals surface area (Å²) in [7, 11) is 0. The number of rotatable bonds is 4. The molecule has 0 bridgehead atoms. The highest BCUT2D eigenvalue weighted by atomic mass is 79.9. The molecule has 0 aromatic heterocycles. The second-order valence-corrected chi connectivity index (χ2v) is 3.99. The highest BCUT2D eigenvalue weighted by Gasteiger charge is 2.28. The van der Waals surface area contributed by atoms with Gasteiger partial charge in [-0.1, -0.05) is 18.2 Å². The van der Waals surface area contributed by atoms with E-state index in [0.29, 0.717) is 17.9 Å². The number of fused-ring (bicyclic) bond motifs is 1. The first-order chi connectivity index (χ1) is 9.13. The van der Waals surface area contributed by atoms with Crippen LogP contribution in [0.1, 0.15) is 17.3 Å². The topological polar surface area (TPSA) is 67.5 Å². The van der Waals surface area contributed by atoms with Gasteiger partial charge in [-0.25, -0.2) is 9.59 Å². The third-order valence-electron chi connectivity index (χ3n) is 2.73. The summed E-state index contributed by atoms with van der Waals surface area (Å²) in [5, 5.41) is 9.19. The number of esters is 1. The van der Waals surface area contributed by atoms with Gasteiger partial charge in [0.2, 0.25) is 12.2 Å². The maximum absolute atomic E-state index is 11.5. The molecule has 6 heteroatoms. The van der Waals surface area contributed by atoms with Crippen molar-refractivity contribution in [1.29, 1.82) is 0 Å². The quantitative estimate of drug-likeness (QED) is 0.535. The zero-order valence-electron chi connectivity index (χ0n) is 10.9. The number of ether oxygens (including phenoxy) is 1. The molecule has 0 fully saturated rings. The molecule has 0 amide bonds. The van der Waals surface area contributed by atoms with E-state index in [2.05, 4.69) is 0 Å². The number of aromatic carboxylic acids is 1. The molecule has 0 saturated carbocycles. The van der Waals surface area contributed by atoms with Crippen LogP contribution in [0, 0.1) is 0 Å². The van der Waals surface area contributed by atoms with Gasteiger partial charge in [0, 0.05) is 6.07 Å². The van der Waals surface area contributed by atoms with Crippen LogP contribution in [0.5, 0.6) is 0 Å². The van der Waals surface area contributed by atoms with E-state index >= 15 is 0 Å². The molecule has 1 aliphatic heterocycles. The highest BCUT2D eigenvalue weighted by Crippen LogP contribution is 2.22. The number of carboxylic acids is 1. The molecule has 0 radical (unpaired) electrons. The molecule has 0 aromatic carbocycles. The number of aromatic nitrogens is 1. The van der Waals surface area contributed by atoms with Crippen molar-refractivity contribution < 1.29 is 41.0 Å². The minimum atomic E-state index is -1.01. The van der Waals surface area contributed by atoms with Gasteiger partial charge < -0.3 is 26.8 Å². The fraction of sp³-hybridized carbons (Fsp3) is 0.214. The van der Waals surface area contributed by atoms with E-state index in [4.69, 9.17) is 4.74 Å². The van der Waals surface area contributed by atoms with Crippen LogP contribution in [-0.2, 0) is 16.1 Å². The predicted molar refractivity (Wildman–Crippen MR) is 66.9 cm³/mol. The summed E-state index contributed by atoms with van der Waals surface area (Å²) in [4.78, 5) is 22.7. The lowest BCUT2D eigenvalue weighted by Crippen LogP contribution is -3.00. The molecule has 5 nitrogen and oxygen atoms in total. The summed E-state index contributed by atoms with van der Waals surface area (Å²) in [5.41, 5.74) is 1.47. The van der Waals surface area contributed by atoms with E-state index < -0.39 is 5.97 Å². The summed E-state index contributed by atoms with van der Waals surface area (Å²) in [6.45, 7) is 2.04. The third-order valence-corrected chi connectivity index (χ3v) is 2.73. The standard InChI is InChI=1S/C14H13NO4.BrH/c1-2-19-13(16)9-15-8-11(14(17)18)10-6-4-3-5-7-12(10)15;/h3-8H,2,9H2,1H3;1H. The van der Waals surface area contributed by atoms with Crippen LogP contribution >= 0.6 is 0 Å². The Morgan fingerprint density at radius 1 is 1.25 bits per heavy atom. The van der Waals surface area contributed by atoms with Crippen LogP contribution in [0.3, 0.4) is 0 Å². The molecular formula is C14H14BrNO4. The van der Waals surface area contributed by atoms with Crippen LogP contribution in [0.25, 0.3) is 11.3 Å². The Labute approximate surface area is 126 Å². The summed E-state index contributed by atoms with van der Waals surface area (Å²) in [6, 6.07) is 8.88. The van der Waals surface area contributed by atoms with Crippen molar-refractivity contribution in [1.82, 2.24) is 0 Å². The number of carbonyl (C=O) groups is 2. The highest BCUT2D eigenvalue weighted by molar-refractivity contribution is 5.95. The lowest BCUT2D eigenvalue weighted by molar-refractivity contribution is -0.672. The first-order valence-electron chi connectivity index (χ1n) is 5.93. The SMILES string of the molecule is CCOC(=O)C[n+]1cc(C(=O)O)c2cccccc1-2.[Br-]. The fourth-order valence-corrected chi connectivity index (χ4v) is 1.96. The maximum atomic E-state index is 11.5. The molecule has 1 N–H and O–H groups in total. The van der Waals surface area contributed by atoms with Crippen LogP contribution < -0.4 is 21.5 Å². The summed E-state index contributed by atoms with van der Waals surface area (Å²) in [5.74, 6) is -1.40. The molecule has 0 atom stereocenters. The van der Waals surface area contributed by atoms with E-state index in [0.717, 1.165) is 0 Å². The van der Waals surface area contributed by atoms with Crippen molar-refractivity contribution in [2.24, 2.45) is 0 Å². The van der Waals surface area contributed by atoms with Crippen LogP contribution in [0.15, 0.2) is 36.5 Å². The number of halogens is 1. The predicted octanol–water partition coefficient (Wildman–Crippen LogP) is -1.66. The monoisotopic (exact) mass is 339 g/mol. The van der Waals surface area contributed by atoms with Gasteiger partial charge in [0.05, 0.1) is 12.2 Å². The Bertz CT molecular complexity index is 600. The van der Waals surface area contributed by atoms with Gasteiger partial charge in [-0.15, -0.1) is 0 Å². The van der Waals surface area contributed by atoms with Crippen molar-refractivity contribution in [3.63, 3.8) is 0 Å². The van der Waals surface area contributed by atoms with E-state index in [-0.39, 0.29) is 35.1 Å². The fourth-order valence-electron chi connectivity index (χ4n) is 1.96. The lowest BCUT2D eigenvalue weighted by Gasteiger charge is -1.97. The minimum Gasteiger partial charge on any atom is -1.00 e. The third kappa shape index (κ3) is 3.33. The second-order valence-electron chi connectivity index (χ2n) is 3.99. The van der Waals surface area contributed by atoms with Gasteiger partial charge in [-0.05, 0) is 13.0 Å². The first kappa shape index (κ1) is 16.1. The maximum Gasteiger partial charge on any atom is 0.372 e. The van der Waals surface area contributed by atoms with Gasteiger partial charge in [-0.3, -0.25) is 0 Å². The average molecular weight is 340 g/mol. The smallest absolute Gasteiger partial charge is 0.372 e. The molecule has 1 heterocycles. The van der Waals surface area contributed by atoms with E-state index in [1.165, 1.54) is 6.20 Å². The molecule has 0 spiro atoms. The molecule has 1 aliphatic carbocycles. The van der Waals surface area contributed by atoms with Crippen molar-refractivity contribution in [3.8, 4) is 11.3 Å². The Morgan fingerprint density at radius 3 is 2.60 bits per heavy atom. The molecule has 0 aromatic rings. The Morgan fingerprint density at radius 2 is 1.95 bits per heavy atom. The Kier molecular flexibility index (Phi) is 5.64. The minimum absolute atomic E-state index is 0. The summed E-state index contributed by atoms with van der Waals surface area (Å²) in [6.07, 6.45) is 1.46. The Hall–Kier alpha value is -1.95. The van der Waals surface area contributed by atoms with Crippen LogP contribution in [0.2, 0.25) is 0 Å². The van der Waals surface area contributed by atoms with Gasteiger partial charge in [0.1, 0.15) is 5.56 Å². The van der Waals surface area contributed by atoms with Crippen molar-refractivity contribution >= 4 is 11.9 Å². The Balaban J connectivity index is 0.00000200. The molecular weight excluding hydrogens is 326 g/mol. The normalized spacial score (nSPS) is 9.85. The van der Waals surface area contributed by atoms with E-state index in [9.17, 15) is 14.7 Å². The van der Waals surface area contributed by atoms with E-state index in [1.54, 1.807) is 41.8 Å². The number of nitrogens with zero attached hydrogens (tertiary/aromatic N) is 1.